The average Bonchev–Trinajstić information content (AvgIpc) is 1.35. The second kappa shape index (κ2) is 3.18. The molecule has 0 aliphatic carbocycles. The Labute approximate surface area is 42.0 Å². The van der Waals surface area contributed by atoms with Gasteiger partial charge in [-0.2, -0.15) is 0 Å². The third-order valence-corrected chi connectivity index (χ3v) is 0.765. The molecule has 0 aromatic carbocycles. The van der Waals surface area contributed by atoms with Gasteiger partial charge in [-0.15, -0.1) is 0 Å². The van der Waals surface area contributed by atoms with Crippen LogP contribution < -0.4 is 4.72 Å². The average molecular weight is 104 g/mol. The van der Waals surface area contributed by atoms with Crippen LogP contribution in [0.15, 0.2) is 0 Å². The second-order valence-electron chi connectivity index (χ2n) is 0.862. The van der Waals surface area contributed by atoms with Crippen LogP contribution >= 0.6 is 11.9 Å². The van der Waals surface area contributed by atoms with Crippen molar-refractivity contribution in [3.05, 3.63) is 0 Å². The van der Waals surface area contributed by atoms with Gasteiger partial charge in [-0.3, -0.25) is 10.1 Å². The molecule has 0 unspecified atom stereocenters. The lowest BCUT2D eigenvalue weighted by atomic mass is 10.9. The monoisotopic (exact) mass is 104 g/mol. The van der Waals surface area contributed by atoms with Crippen molar-refractivity contribution in [2.75, 3.05) is 7.05 Å². The van der Waals surface area contributed by atoms with Crippen LogP contribution in [-0.4, -0.2) is 12.1 Å². The number of hydrogen-bond acceptors (Lipinski definition) is 3. The third-order valence-electron chi connectivity index (χ3n) is 0.255. The predicted octanol–water partition coefficient (Wildman–Crippen LogP) is 0.851. The smallest absolute Gasteiger partial charge is 0.0761 e. The van der Waals surface area contributed by atoms with Gasteiger partial charge < -0.3 is 0 Å². The van der Waals surface area contributed by atoms with Gasteiger partial charge >= 0.3 is 0 Å². The van der Waals surface area contributed by atoms with Crippen LogP contribution in [0.25, 0.3) is 0 Å². The van der Waals surface area contributed by atoms with Crippen molar-refractivity contribution < 1.29 is 0 Å². The third kappa shape index (κ3) is 3.98. The Hall–Kier alpha value is -0.0200. The highest BCUT2D eigenvalue weighted by Crippen LogP contribution is 1.89. The van der Waals surface area contributed by atoms with Gasteiger partial charge in [0.25, 0.3) is 0 Å². The molecule has 36 valence electrons. The summed E-state index contributed by atoms with van der Waals surface area (Å²) in [5.74, 6) is 0. The van der Waals surface area contributed by atoms with E-state index in [4.69, 9.17) is 5.41 Å². The van der Waals surface area contributed by atoms with Crippen LogP contribution in [0.2, 0.25) is 0 Å². The van der Waals surface area contributed by atoms with Crippen LogP contribution in [-0.2, 0) is 0 Å². The maximum Gasteiger partial charge on any atom is 0.0761 e. The van der Waals surface area contributed by atoms with Gasteiger partial charge in [-0.1, -0.05) is 0 Å². The summed E-state index contributed by atoms with van der Waals surface area (Å²) in [5, 5.41) is 7.39. The van der Waals surface area contributed by atoms with E-state index in [0.29, 0.717) is 5.04 Å². The molecule has 0 aliphatic heterocycles. The molecular weight excluding hydrogens is 96.1 g/mol. The lowest BCUT2D eigenvalue weighted by Gasteiger charge is -1.87. The first-order valence-corrected chi connectivity index (χ1v) is 2.47. The summed E-state index contributed by atoms with van der Waals surface area (Å²) in [6, 6.07) is 0. The topological polar surface area (TPSA) is 35.9 Å². The van der Waals surface area contributed by atoms with Crippen LogP contribution in [0.1, 0.15) is 6.92 Å². The first-order valence-electron chi connectivity index (χ1n) is 1.66. The SMILES string of the molecule is CNSC(C)=N. The van der Waals surface area contributed by atoms with Gasteiger partial charge in [0.15, 0.2) is 0 Å². The van der Waals surface area contributed by atoms with E-state index in [1.807, 2.05) is 0 Å². The molecule has 0 aromatic rings. The summed E-state index contributed by atoms with van der Waals surface area (Å²) in [6.07, 6.45) is 0. The van der Waals surface area contributed by atoms with Crippen molar-refractivity contribution in [1.29, 1.82) is 5.41 Å². The van der Waals surface area contributed by atoms with Crippen molar-refractivity contribution in [3.63, 3.8) is 0 Å². The molecule has 2 nitrogen and oxygen atoms in total. The summed E-state index contributed by atoms with van der Waals surface area (Å²) < 4.78 is 2.76. The van der Waals surface area contributed by atoms with Crippen molar-refractivity contribution in [3.8, 4) is 0 Å². The molecule has 0 spiro atoms. The normalized spacial score (nSPS) is 8.33. The predicted molar refractivity (Wildman–Crippen MR) is 30.1 cm³/mol. The van der Waals surface area contributed by atoms with Gasteiger partial charge in [0.05, 0.1) is 5.04 Å². The number of rotatable bonds is 1. The zero-order valence-corrected chi connectivity index (χ0v) is 4.72. The van der Waals surface area contributed by atoms with E-state index in [9.17, 15) is 0 Å². The Morgan fingerprint density at radius 1 is 1.83 bits per heavy atom. The zero-order chi connectivity index (χ0) is 4.99. The van der Waals surface area contributed by atoms with E-state index in [-0.39, 0.29) is 0 Å². The minimum atomic E-state index is 0.595. The summed E-state index contributed by atoms with van der Waals surface area (Å²) in [6.45, 7) is 1.74. The summed E-state index contributed by atoms with van der Waals surface area (Å²) in [7, 11) is 1.79. The molecular formula is C3H8N2S. The van der Waals surface area contributed by atoms with E-state index < -0.39 is 0 Å². The maximum absolute atomic E-state index is 6.79. The fourth-order valence-corrected chi connectivity index (χ4v) is 0.459. The Morgan fingerprint density at radius 3 is 2.33 bits per heavy atom. The molecule has 0 amide bonds. The highest BCUT2D eigenvalue weighted by molar-refractivity contribution is 8.12. The standard InChI is InChI=1S/C3H8N2S/c1-3(4)6-5-2/h4-5H,1-2H3. The van der Waals surface area contributed by atoms with E-state index >= 15 is 0 Å². The lowest BCUT2D eigenvalue weighted by Crippen LogP contribution is -1.94. The van der Waals surface area contributed by atoms with E-state index in [2.05, 4.69) is 4.72 Å². The van der Waals surface area contributed by atoms with Gasteiger partial charge in [0, 0.05) is 0 Å². The van der Waals surface area contributed by atoms with Crippen LogP contribution in [0.5, 0.6) is 0 Å². The minimum absolute atomic E-state index is 0.595. The van der Waals surface area contributed by atoms with Crippen molar-refractivity contribution >= 4 is 17.0 Å². The van der Waals surface area contributed by atoms with Crippen molar-refractivity contribution in [2.45, 2.75) is 6.92 Å². The molecule has 0 saturated heterocycles. The molecule has 0 saturated carbocycles. The van der Waals surface area contributed by atoms with Gasteiger partial charge in [-0.05, 0) is 25.9 Å². The molecule has 0 atom stereocenters. The van der Waals surface area contributed by atoms with Gasteiger partial charge in [0.1, 0.15) is 0 Å². The molecule has 0 aromatic heterocycles. The molecule has 2 N–H and O–H groups in total. The maximum atomic E-state index is 6.79. The molecule has 0 radical (unpaired) electrons. The zero-order valence-electron chi connectivity index (χ0n) is 3.91. The van der Waals surface area contributed by atoms with Crippen LogP contribution in [0.3, 0.4) is 0 Å². The Kier molecular flexibility index (Phi) is 3.17. The summed E-state index contributed by atoms with van der Waals surface area (Å²) >= 11 is 1.32. The van der Waals surface area contributed by atoms with E-state index in [0.717, 1.165) is 0 Å². The Balaban J connectivity index is 2.83. The van der Waals surface area contributed by atoms with Crippen molar-refractivity contribution in [2.24, 2.45) is 0 Å². The van der Waals surface area contributed by atoms with Crippen molar-refractivity contribution in [1.82, 2.24) is 4.72 Å². The molecule has 0 fully saturated rings. The highest BCUT2D eigenvalue weighted by atomic mass is 32.2. The Morgan fingerprint density at radius 2 is 2.33 bits per heavy atom. The minimum Gasteiger partial charge on any atom is -0.297 e. The van der Waals surface area contributed by atoms with Gasteiger partial charge in [0.2, 0.25) is 0 Å². The molecule has 0 bridgehead atoms. The lowest BCUT2D eigenvalue weighted by molar-refractivity contribution is 1.31. The molecule has 0 rings (SSSR count). The van der Waals surface area contributed by atoms with E-state index in [1.165, 1.54) is 11.9 Å². The Bertz CT molecular complexity index is 52.8. The summed E-state index contributed by atoms with van der Waals surface area (Å²) in [5.41, 5.74) is 0. The molecule has 0 heterocycles. The second-order valence-corrected chi connectivity index (χ2v) is 2.09. The first-order chi connectivity index (χ1) is 2.77. The number of nitrogens with one attached hydrogen (secondary N) is 2. The quantitative estimate of drug-likeness (QED) is 0.294. The largest absolute Gasteiger partial charge is 0.297 e. The molecule has 3 heteroatoms. The molecule has 0 aliphatic rings. The fourth-order valence-electron chi connectivity index (χ4n) is 0.153. The van der Waals surface area contributed by atoms with Crippen LogP contribution in [0.4, 0.5) is 0 Å². The fraction of sp³-hybridized carbons (Fsp3) is 0.667. The van der Waals surface area contributed by atoms with E-state index in [1.54, 1.807) is 14.0 Å². The number of hydrogen-bond donors (Lipinski definition) is 2. The highest BCUT2D eigenvalue weighted by Gasteiger charge is 1.77. The van der Waals surface area contributed by atoms with Gasteiger partial charge in [-0.25, -0.2) is 0 Å². The van der Waals surface area contributed by atoms with Crippen LogP contribution in [0, 0.1) is 5.41 Å². The first kappa shape index (κ1) is 5.98. The molecule has 6 heavy (non-hydrogen) atoms. The summed E-state index contributed by atoms with van der Waals surface area (Å²) in [4.78, 5) is 0.